The number of carbonyl (C=O) groups excluding carboxylic acids is 2. The number of likely N-dealkylation sites (N-methyl/N-ethyl adjacent to an activating group) is 1. The molecule has 21 heavy (non-hydrogen) atoms. The normalized spacial score (nSPS) is 16.8. The summed E-state index contributed by atoms with van der Waals surface area (Å²) in [6.45, 7) is 0.202. The maximum atomic E-state index is 12.6. The Morgan fingerprint density at radius 3 is 2.81 bits per heavy atom. The van der Waals surface area contributed by atoms with Crippen LogP contribution in [0.3, 0.4) is 0 Å². The van der Waals surface area contributed by atoms with Crippen LogP contribution in [0.25, 0.3) is 0 Å². The van der Waals surface area contributed by atoms with Gasteiger partial charge in [0.25, 0.3) is 11.8 Å². The predicted molar refractivity (Wildman–Crippen MR) is 80.9 cm³/mol. The standard InChI is InChI=1S/C15H14N2O3S/c1-16-14(18)12-9-17(15(19)13-7-4-8-21-13)10-5-2-3-6-11(10)20-12/h2-8,12H,9H2,1H3,(H,16,18). The number of amides is 2. The molecule has 1 aromatic carbocycles. The molecule has 6 heteroatoms. The summed E-state index contributed by atoms with van der Waals surface area (Å²) >= 11 is 1.38. The van der Waals surface area contributed by atoms with Gasteiger partial charge in [-0.1, -0.05) is 18.2 Å². The first-order valence-electron chi connectivity index (χ1n) is 6.53. The molecule has 0 spiro atoms. The number of fused-ring (bicyclic) bond motifs is 1. The first-order valence-corrected chi connectivity index (χ1v) is 7.41. The Bertz CT molecular complexity index is 669. The average Bonchev–Trinajstić information content (AvgIpc) is 3.06. The largest absolute Gasteiger partial charge is 0.477 e. The molecule has 1 aliphatic rings. The molecular formula is C15H14N2O3S. The number of para-hydroxylation sites is 2. The van der Waals surface area contributed by atoms with Crippen molar-refractivity contribution >= 4 is 28.8 Å². The molecule has 0 saturated heterocycles. The molecule has 0 bridgehead atoms. The van der Waals surface area contributed by atoms with Gasteiger partial charge >= 0.3 is 0 Å². The van der Waals surface area contributed by atoms with Crippen LogP contribution in [0.15, 0.2) is 41.8 Å². The van der Waals surface area contributed by atoms with E-state index in [1.165, 1.54) is 11.3 Å². The third-order valence-electron chi connectivity index (χ3n) is 3.29. The number of anilines is 1. The number of nitrogens with one attached hydrogen (secondary N) is 1. The van der Waals surface area contributed by atoms with Gasteiger partial charge in [0.15, 0.2) is 6.10 Å². The van der Waals surface area contributed by atoms with Crippen molar-refractivity contribution in [1.82, 2.24) is 5.32 Å². The van der Waals surface area contributed by atoms with Crippen molar-refractivity contribution in [3.05, 3.63) is 46.7 Å². The number of hydrogen-bond donors (Lipinski definition) is 1. The van der Waals surface area contributed by atoms with E-state index < -0.39 is 6.10 Å². The lowest BCUT2D eigenvalue weighted by molar-refractivity contribution is -0.127. The second-order valence-electron chi connectivity index (χ2n) is 4.58. The molecule has 0 aliphatic carbocycles. The molecule has 1 unspecified atom stereocenters. The molecule has 1 N–H and O–H groups in total. The number of nitrogens with zero attached hydrogens (tertiary/aromatic N) is 1. The van der Waals surface area contributed by atoms with Crippen molar-refractivity contribution in [3.8, 4) is 5.75 Å². The fourth-order valence-electron chi connectivity index (χ4n) is 2.26. The van der Waals surface area contributed by atoms with Crippen LogP contribution < -0.4 is 15.0 Å². The van der Waals surface area contributed by atoms with Gasteiger partial charge in [-0.3, -0.25) is 14.5 Å². The SMILES string of the molecule is CNC(=O)C1CN(C(=O)c2cccs2)c2ccccc2O1. The summed E-state index contributed by atoms with van der Waals surface area (Å²) in [5, 5.41) is 4.42. The Morgan fingerprint density at radius 1 is 1.29 bits per heavy atom. The maximum absolute atomic E-state index is 12.6. The Hall–Kier alpha value is -2.34. The second-order valence-corrected chi connectivity index (χ2v) is 5.53. The molecule has 2 aromatic rings. The van der Waals surface area contributed by atoms with Gasteiger partial charge in [-0.25, -0.2) is 0 Å². The van der Waals surface area contributed by atoms with E-state index in [9.17, 15) is 9.59 Å². The fourth-order valence-corrected chi connectivity index (χ4v) is 2.93. The van der Waals surface area contributed by atoms with Crippen molar-refractivity contribution in [3.63, 3.8) is 0 Å². The highest BCUT2D eigenvalue weighted by Crippen LogP contribution is 2.34. The van der Waals surface area contributed by atoms with Gasteiger partial charge in [-0.2, -0.15) is 0 Å². The van der Waals surface area contributed by atoms with Crippen molar-refractivity contribution in [2.24, 2.45) is 0 Å². The Balaban J connectivity index is 1.98. The van der Waals surface area contributed by atoms with Crippen LogP contribution in [0.2, 0.25) is 0 Å². The van der Waals surface area contributed by atoms with Gasteiger partial charge in [0.2, 0.25) is 0 Å². The molecule has 108 valence electrons. The summed E-state index contributed by atoms with van der Waals surface area (Å²) in [7, 11) is 1.55. The van der Waals surface area contributed by atoms with E-state index in [-0.39, 0.29) is 18.4 Å². The molecule has 2 heterocycles. The number of benzene rings is 1. The van der Waals surface area contributed by atoms with E-state index in [2.05, 4.69) is 5.32 Å². The van der Waals surface area contributed by atoms with Gasteiger partial charge in [-0.05, 0) is 23.6 Å². The van der Waals surface area contributed by atoms with Crippen LogP contribution in [-0.2, 0) is 4.79 Å². The highest BCUT2D eigenvalue weighted by molar-refractivity contribution is 7.12. The molecule has 0 radical (unpaired) electrons. The van der Waals surface area contributed by atoms with Crippen LogP contribution in [0.1, 0.15) is 9.67 Å². The number of thiophene rings is 1. The van der Waals surface area contributed by atoms with Gasteiger partial charge in [-0.15, -0.1) is 11.3 Å². The minimum atomic E-state index is -0.700. The zero-order chi connectivity index (χ0) is 14.8. The van der Waals surface area contributed by atoms with Crippen LogP contribution in [0, 0.1) is 0 Å². The predicted octanol–water partition coefficient (Wildman–Crippen LogP) is 1.90. The molecule has 0 saturated carbocycles. The number of rotatable bonds is 2. The summed E-state index contributed by atoms with van der Waals surface area (Å²) in [5.74, 6) is 0.186. The minimum Gasteiger partial charge on any atom is -0.477 e. The summed E-state index contributed by atoms with van der Waals surface area (Å²) in [6.07, 6.45) is -0.700. The van der Waals surface area contributed by atoms with Crippen molar-refractivity contribution < 1.29 is 14.3 Å². The summed E-state index contributed by atoms with van der Waals surface area (Å²) < 4.78 is 5.68. The first kappa shape index (κ1) is 13.6. The van der Waals surface area contributed by atoms with Crippen molar-refractivity contribution in [2.75, 3.05) is 18.5 Å². The lowest BCUT2D eigenvalue weighted by atomic mass is 10.1. The molecule has 2 amide bonds. The molecular weight excluding hydrogens is 288 g/mol. The molecule has 0 fully saturated rings. The van der Waals surface area contributed by atoms with Crippen molar-refractivity contribution in [1.29, 1.82) is 0 Å². The van der Waals surface area contributed by atoms with Gasteiger partial charge in [0, 0.05) is 7.05 Å². The first-order chi connectivity index (χ1) is 10.2. The van der Waals surface area contributed by atoms with E-state index >= 15 is 0 Å². The van der Waals surface area contributed by atoms with E-state index in [1.807, 2.05) is 29.6 Å². The lowest BCUT2D eigenvalue weighted by Crippen LogP contribution is -2.50. The number of carbonyl (C=O) groups is 2. The smallest absolute Gasteiger partial charge is 0.268 e. The number of hydrogen-bond acceptors (Lipinski definition) is 4. The monoisotopic (exact) mass is 302 g/mol. The molecule has 1 atom stereocenters. The van der Waals surface area contributed by atoms with Crippen LogP contribution in [0.4, 0.5) is 5.69 Å². The van der Waals surface area contributed by atoms with Crippen LogP contribution in [0.5, 0.6) is 5.75 Å². The Morgan fingerprint density at radius 2 is 2.10 bits per heavy atom. The molecule has 5 nitrogen and oxygen atoms in total. The molecule has 1 aliphatic heterocycles. The second kappa shape index (κ2) is 5.57. The third kappa shape index (κ3) is 2.50. The van der Waals surface area contributed by atoms with Crippen LogP contribution >= 0.6 is 11.3 Å². The lowest BCUT2D eigenvalue weighted by Gasteiger charge is -2.33. The van der Waals surface area contributed by atoms with Gasteiger partial charge in [0.05, 0.1) is 17.1 Å². The summed E-state index contributed by atoms with van der Waals surface area (Å²) in [5.41, 5.74) is 0.691. The van der Waals surface area contributed by atoms with E-state index in [0.717, 1.165) is 0 Å². The minimum absolute atomic E-state index is 0.116. The van der Waals surface area contributed by atoms with Crippen LogP contribution in [-0.4, -0.2) is 31.5 Å². The fraction of sp³-hybridized carbons (Fsp3) is 0.200. The average molecular weight is 302 g/mol. The Labute approximate surface area is 126 Å². The highest BCUT2D eigenvalue weighted by Gasteiger charge is 2.33. The van der Waals surface area contributed by atoms with Gasteiger partial charge < -0.3 is 10.1 Å². The van der Waals surface area contributed by atoms with Crippen molar-refractivity contribution in [2.45, 2.75) is 6.10 Å². The zero-order valence-corrected chi connectivity index (χ0v) is 12.2. The highest BCUT2D eigenvalue weighted by atomic mass is 32.1. The number of ether oxygens (including phenoxy) is 1. The van der Waals surface area contributed by atoms with E-state index in [4.69, 9.17) is 4.74 Å². The third-order valence-corrected chi connectivity index (χ3v) is 4.15. The topological polar surface area (TPSA) is 58.6 Å². The Kier molecular flexibility index (Phi) is 3.62. The molecule has 1 aromatic heterocycles. The van der Waals surface area contributed by atoms with E-state index in [0.29, 0.717) is 16.3 Å². The van der Waals surface area contributed by atoms with E-state index in [1.54, 1.807) is 24.1 Å². The summed E-state index contributed by atoms with van der Waals surface area (Å²) in [6, 6.07) is 10.9. The van der Waals surface area contributed by atoms with Gasteiger partial charge in [0.1, 0.15) is 5.75 Å². The molecule has 3 rings (SSSR count). The zero-order valence-electron chi connectivity index (χ0n) is 11.4. The summed E-state index contributed by atoms with van der Waals surface area (Å²) in [4.78, 5) is 26.7. The quantitative estimate of drug-likeness (QED) is 0.922. The maximum Gasteiger partial charge on any atom is 0.268 e.